The number of amides is 1. The van der Waals surface area contributed by atoms with Crippen LogP contribution in [0.1, 0.15) is 25.1 Å². The van der Waals surface area contributed by atoms with Gasteiger partial charge in [0.05, 0.1) is 23.8 Å². The SMILES string of the molecule is CC=NC(=NC)C(C)N(Cc1ccc(C#N)cn1)C(=O)C(=O)OCC(F)(F)F. The Labute approximate surface area is 159 Å². The standard InChI is InChI=1S/C17H18F3N5O3/c1-4-23-14(22-3)11(2)25(9-13-6-5-12(7-21)8-24-13)15(26)16(27)28-10-17(18,19)20/h4-6,8,11H,9-10H2,1-3H3. The van der Waals surface area contributed by atoms with Crippen molar-refractivity contribution in [3.63, 3.8) is 0 Å². The maximum absolute atomic E-state index is 12.5. The average molecular weight is 397 g/mol. The Balaban J connectivity index is 3.13. The van der Waals surface area contributed by atoms with Gasteiger partial charge in [-0.3, -0.25) is 14.8 Å². The first-order valence-corrected chi connectivity index (χ1v) is 7.97. The number of ether oxygens (including phenoxy) is 1. The number of carbonyl (C=O) groups is 2. The summed E-state index contributed by atoms with van der Waals surface area (Å²) in [6.07, 6.45) is -2.07. The van der Waals surface area contributed by atoms with Gasteiger partial charge in [0.15, 0.2) is 6.61 Å². The third kappa shape index (κ3) is 6.79. The van der Waals surface area contributed by atoms with Gasteiger partial charge < -0.3 is 9.64 Å². The molecular formula is C17H18F3N5O3. The van der Waals surface area contributed by atoms with Crippen molar-refractivity contribution in [2.45, 2.75) is 32.6 Å². The van der Waals surface area contributed by atoms with Crippen LogP contribution in [-0.4, -0.2) is 59.7 Å². The number of aromatic nitrogens is 1. The fourth-order valence-electron chi connectivity index (χ4n) is 2.09. The van der Waals surface area contributed by atoms with Crippen molar-refractivity contribution in [2.75, 3.05) is 13.7 Å². The molecule has 1 rings (SSSR count). The van der Waals surface area contributed by atoms with Gasteiger partial charge in [-0.15, -0.1) is 0 Å². The van der Waals surface area contributed by atoms with Gasteiger partial charge in [-0.25, -0.2) is 9.79 Å². The zero-order chi connectivity index (χ0) is 21.3. The highest BCUT2D eigenvalue weighted by atomic mass is 19.4. The number of halogens is 3. The number of rotatable bonds is 5. The fraction of sp³-hybridized carbons (Fsp3) is 0.412. The van der Waals surface area contributed by atoms with E-state index in [0.29, 0.717) is 5.69 Å². The molecule has 1 atom stereocenters. The number of aliphatic imine (C=N–C) groups is 2. The molecule has 11 heteroatoms. The lowest BCUT2D eigenvalue weighted by molar-refractivity contribution is -0.189. The maximum atomic E-state index is 12.5. The van der Waals surface area contributed by atoms with Crippen LogP contribution in [0, 0.1) is 11.3 Å². The maximum Gasteiger partial charge on any atom is 0.422 e. The van der Waals surface area contributed by atoms with E-state index in [2.05, 4.69) is 19.7 Å². The lowest BCUT2D eigenvalue weighted by Gasteiger charge is -2.27. The van der Waals surface area contributed by atoms with Gasteiger partial charge in [-0.05, 0) is 26.0 Å². The van der Waals surface area contributed by atoms with E-state index < -0.39 is 30.7 Å². The second-order valence-corrected chi connectivity index (χ2v) is 5.42. The third-order valence-electron chi connectivity index (χ3n) is 3.42. The van der Waals surface area contributed by atoms with Crippen LogP contribution in [0.3, 0.4) is 0 Å². The minimum Gasteiger partial charge on any atom is -0.449 e. The minimum atomic E-state index is -4.76. The topological polar surface area (TPSA) is 108 Å². The molecule has 150 valence electrons. The molecule has 0 aliphatic rings. The van der Waals surface area contributed by atoms with Crippen LogP contribution >= 0.6 is 0 Å². The molecule has 0 aliphatic carbocycles. The monoisotopic (exact) mass is 397 g/mol. The van der Waals surface area contributed by atoms with E-state index in [9.17, 15) is 22.8 Å². The summed E-state index contributed by atoms with van der Waals surface area (Å²) in [6, 6.07) is 3.94. The number of carbonyl (C=O) groups excluding carboxylic acids is 2. The van der Waals surface area contributed by atoms with Gasteiger partial charge in [-0.2, -0.15) is 18.4 Å². The number of esters is 1. The summed E-state index contributed by atoms with van der Waals surface area (Å²) in [6.45, 7) is 1.01. The van der Waals surface area contributed by atoms with E-state index in [0.717, 1.165) is 4.90 Å². The van der Waals surface area contributed by atoms with Crippen LogP contribution in [0.2, 0.25) is 0 Å². The highest BCUT2D eigenvalue weighted by molar-refractivity contribution is 6.32. The Hall–Kier alpha value is -3.29. The number of nitriles is 1. The number of nitrogens with zero attached hydrogens (tertiary/aromatic N) is 5. The molecule has 1 aromatic heterocycles. The summed E-state index contributed by atoms with van der Waals surface area (Å²) in [7, 11) is 1.42. The largest absolute Gasteiger partial charge is 0.449 e. The lowest BCUT2D eigenvalue weighted by Crippen LogP contribution is -2.46. The van der Waals surface area contributed by atoms with Crippen LogP contribution in [0.15, 0.2) is 28.3 Å². The summed E-state index contributed by atoms with van der Waals surface area (Å²) in [5.74, 6) is -2.78. The Morgan fingerprint density at radius 1 is 1.43 bits per heavy atom. The van der Waals surface area contributed by atoms with Crippen molar-refractivity contribution in [3.8, 4) is 6.07 Å². The van der Waals surface area contributed by atoms with Crippen molar-refractivity contribution >= 4 is 23.9 Å². The first-order valence-electron chi connectivity index (χ1n) is 7.97. The molecule has 0 radical (unpaired) electrons. The van der Waals surface area contributed by atoms with E-state index in [4.69, 9.17) is 5.26 Å². The average Bonchev–Trinajstić information content (AvgIpc) is 2.67. The molecule has 0 spiro atoms. The van der Waals surface area contributed by atoms with Crippen molar-refractivity contribution < 1.29 is 27.5 Å². The molecule has 0 saturated heterocycles. The van der Waals surface area contributed by atoms with E-state index in [-0.39, 0.29) is 17.9 Å². The van der Waals surface area contributed by atoms with Crippen LogP contribution in [0.25, 0.3) is 0 Å². The molecular weight excluding hydrogens is 379 g/mol. The number of alkyl halides is 3. The normalized spacial score (nSPS) is 13.1. The van der Waals surface area contributed by atoms with Gasteiger partial charge in [0.25, 0.3) is 0 Å². The van der Waals surface area contributed by atoms with E-state index >= 15 is 0 Å². The Morgan fingerprint density at radius 2 is 2.11 bits per heavy atom. The molecule has 0 bridgehead atoms. The molecule has 0 saturated carbocycles. The van der Waals surface area contributed by atoms with Gasteiger partial charge >= 0.3 is 18.1 Å². The Morgan fingerprint density at radius 3 is 2.57 bits per heavy atom. The smallest absolute Gasteiger partial charge is 0.422 e. The third-order valence-corrected chi connectivity index (χ3v) is 3.42. The molecule has 28 heavy (non-hydrogen) atoms. The van der Waals surface area contributed by atoms with Crippen LogP contribution in [0.4, 0.5) is 13.2 Å². The summed E-state index contributed by atoms with van der Waals surface area (Å²) < 4.78 is 40.8. The summed E-state index contributed by atoms with van der Waals surface area (Å²) in [5, 5.41) is 8.81. The predicted octanol–water partition coefficient (Wildman–Crippen LogP) is 1.89. The molecule has 0 aromatic carbocycles. The Bertz CT molecular complexity index is 798. The van der Waals surface area contributed by atoms with E-state index in [1.165, 1.54) is 38.5 Å². The van der Waals surface area contributed by atoms with Gasteiger partial charge in [0.2, 0.25) is 0 Å². The first kappa shape index (κ1) is 22.8. The molecule has 1 amide bonds. The van der Waals surface area contributed by atoms with Crippen LogP contribution < -0.4 is 0 Å². The van der Waals surface area contributed by atoms with Crippen molar-refractivity contribution in [2.24, 2.45) is 9.98 Å². The van der Waals surface area contributed by atoms with Gasteiger partial charge in [-0.1, -0.05) is 0 Å². The zero-order valence-electron chi connectivity index (χ0n) is 15.4. The highest BCUT2D eigenvalue weighted by Gasteiger charge is 2.35. The van der Waals surface area contributed by atoms with Gasteiger partial charge in [0, 0.05) is 19.5 Å². The van der Waals surface area contributed by atoms with Crippen molar-refractivity contribution in [3.05, 3.63) is 29.6 Å². The highest BCUT2D eigenvalue weighted by Crippen LogP contribution is 2.16. The summed E-state index contributed by atoms with van der Waals surface area (Å²) in [4.78, 5) is 37.2. The fourth-order valence-corrected chi connectivity index (χ4v) is 2.09. The second kappa shape index (κ2) is 10.1. The first-order chi connectivity index (χ1) is 13.1. The van der Waals surface area contributed by atoms with Crippen LogP contribution in [-0.2, 0) is 20.9 Å². The van der Waals surface area contributed by atoms with Crippen LogP contribution in [0.5, 0.6) is 0 Å². The van der Waals surface area contributed by atoms with Gasteiger partial charge in [0.1, 0.15) is 11.9 Å². The number of pyridine rings is 1. The van der Waals surface area contributed by atoms with Crippen molar-refractivity contribution in [1.82, 2.24) is 9.88 Å². The van der Waals surface area contributed by atoms with E-state index in [1.807, 2.05) is 6.07 Å². The summed E-state index contributed by atoms with van der Waals surface area (Å²) in [5.41, 5.74) is 0.587. The molecule has 0 fully saturated rings. The predicted molar refractivity (Wildman–Crippen MR) is 93.5 cm³/mol. The zero-order valence-corrected chi connectivity index (χ0v) is 15.4. The minimum absolute atomic E-state index is 0.174. The van der Waals surface area contributed by atoms with E-state index in [1.54, 1.807) is 6.92 Å². The molecule has 8 nitrogen and oxygen atoms in total. The molecule has 0 aliphatic heterocycles. The molecule has 0 N–H and O–H groups in total. The van der Waals surface area contributed by atoms with Crippen molar-refractivity contribution in [1.29, 1.82) is 5.26 Å². The summed E-state index contributed by atoms with van der Waals surface area (Å²) >= 11 is 0. The second-order valence-electron chi connectivity index (χ2n) is 5.42. The lowest BCUT2D eigenvalue weighted by atomic mass is 10.2. The molecule has 1 heterocycles. The molecule has 1 aromatic rings. The quantitative estimate of drug-likeness (QED) is 0.326. The Kier molecular flexibility index (Phi) is 8.25. The number of amidine groups is 1. The number of hydrogen-bond donors (Lipinski definition) is 0. The molecule has 1 unspecified atom stereocenters. The number of hydrogen-bond acceptors (Lipinski definition) is 6.